The second-order valence-electron chi connectivity index (χ2n) is 4.58. The number of carboxylic acid groups (broad SMARTS) is 2. The molecule has 0 spiro atoms. The van der Waals surface area contributed by atoms with Crippen molar-refractivity contribution < 1.29 is 19.8 Å². The molecule has 0 atom stereocenters. The third-order valence-corrected chi connectivity index (χ3v) is 3.30. The highest BCUT2D eigenvalue weighted by Crippen LogP contribution is 2.35. The Morgan fingerprint density at radius 3 is 2.37 bits per heavy atom. The lowest BCUT2D eigenvalue weighted by molar-refractivity contribution is -0.134. The number of hydrogen-bond donors (Lipinski definition) is 2. The zero-order valence-corrected chi connectivity index (χ0v) is 10.6. The molecule has 0 aliphatic heterocycles. The molecule has 0 radical (unpaired) electrons. The summed E-state index contributed by atoms with van der Waals surface area (Å²) >= 11 is 0. The van der Waals surface area contributed by atoms with E-state index in [1.165, 1.54) is 0 Å². The SMILES string of the molecule is C=C(C)c1cccc2c1CCC(C(=O)O)=C2C(=O)O. The number of fused-ring (bicyclic) bond motifs is 1. The van der Waals surface area contributed by atoms with Gasteiger partial charge in [-0.15, -0.1) is 0 Å². The van der Waals surface area contributed by atoms with Gasteiger partial charge in [-0.2, -0.15) is 0 Å². The van der Waals surface area contributed by atoms with E-state index in [9.17, 15) is 14.7 Å². The lowest BCUT2D eigenvalue weighted by Gasteiger charge is -2.21. The molecule has 19 heavy (non-hydrogen) atoms. The maximum absolute atomic E-state index is 11.4. The van der Waals surface area contributed by atoms with Crippen LogP contribution in [0, 0.1) is 0 Å². The summed E-state index contributed by atoms with van der Waals surface area (Å²) in [5.41, 5.74) is 2.99. The van der Waals surface area contributed by atoms with Crippen molar-refractivity contribution in [2.75, 3.05) is 0 Å². The van der Waals surface area contributed by atoms with Gasteiger partial charge >= 0.3 is 11.9 Å². The molecule has 0 fully saturated rings. The highest BCUT2D eigenvalue weighted by atomic mass is 16.4. The highest BCUT2D eigenvalue weighted by Gasteiger charge is 2.28. The molecule has 2 N–H and O–H groups in total. The van der Waals surface area contributed by atoms with Crippen LogP contribution in [0.25, 0.3) is 11.1 Å². The van der Waals surface area contributed by atoms with Crippen molar-refractivity contribution in [1.82, 2.24) is 0 Å². The minimum Gasteiger partial charge on any atom is -0.478 e. The molecule has 1 aromatic rings. The van der Waals surface area contributed by atoms with E-state index in [0.717, 1.165) is 16.7 Å². The molecule has 4 nitrogen and oxygen atoms in total. The number of benzene rings is 1. The molecule has 4 heteroatoms. The third kappa shape index (κ3) is 2.17. The largest absolute Gasteiger partial charge is 0.478 e. The second kappa shape index (κ2) is 4.72. The number of rotatable bonds is 3. The van der Waals surface area contributed by atoms with Crippen LogP contribution >= 0.6 is 0 Å². The normalized spacial score (nSPS) is 13.9. The average Bonchev–Trinajstić information content (AvgIpc) is 2.35. The Morgan fingerprint density at radius 1 is 1.16 bits per heavy atom. The summed E-state index contributed by atoms with van der Waals surface area (Å²) in [6.45, 7) is 5.73. The Morgan fingerprint density at radius 2 is 1.84 bits per heavy atom. The van der Waals surface area contributed by atoms with Crippen molar-refractivity contribution in [2.24, 2.45) is 0 Å². The van der Waals surface area contributed by atoms with E-state index in [1.807, 2.05) is 13.0 Å². The number of carboxylic acids is 2. The van der Waals surface area contributed by atoms with E-state index in [-0.39, 0.29) is 17.6 Å². The average molecular weight is 258 g/mol. The summed E-state index contributed by atoms with van der Waals surface area (Å²) in [7, 11) is 0. The van der Waals surface area contributed by atoms with Gasteiger partial charge in [0.25, 0.3) is 0 Å². The van der Waals surface area contributed by atoms with Gasteiger partial charge in [-0.25, -0.2) is 9.59 Å². The summed E-state index contributed by atoms with van der Waals surface area (Å²) in [4.78, 5) is 22.5. The smallest absolute Gasteiger partial charge is 0.336 e. The van der Waals surface area contributed by atoms with Gasteiger partial charge < -0.3 is 10.2 Å². The standard InChI is InChI=1S/C15H14O4/c1-8(2)9-4-3-5-11-10(9)6-7-12(14(16)17)13(11)15(18)19/h3-5H,1,6-7H2,2H3,(H,16,17)(H,18,19). The minimum atomic E-state index is -1.20. The van der Waals surface area contributed by atoms with Crippen molar-refractivity contribution in [3.8, 4) is 0 Å². The van der Waals surface area contributed by atoms with Gasteiger partial charge in [0.1, 0.15) is 0 Å². The predicted octanol–water partition coefficient (Wildman–Crippen LogP) is 2.59. The quantitative estimate of drug-likeness (QED) is 0.873. The molecule has 98 valence electrons. The molecule has 0 bridgehead atoms. The first-order valence-electron chi connectivity index (χ1n) is 5.91. The van der Waals surface area contributed by atoms with Crippen LogP contribution in [-0.2, 0) is 16.0 Å². The third-order valence-electron chi connectivity index (χ3n) is 3.30. The molecule has 0 heterocycles. The van der Waals surface area contributed by atoms with Gasteiger partial charge in [0.2, 0.25) is 0 Å². The summed E-state index contributed by atoms with van der Waals surface area (Å²) < 4.78 is 0. The Labute approximate surface area is 110 Å². The first-order valence-corrected chi connectivity index (χ1v) is 5.91. The van der Waals surface area contributed by atoms with E-state index in [0.29, 0.717) is 12.0 Å². The molecule has 0 saturated carbocycles. The van der Waals surface area contributed by atoms with Gasteiger partial charge in [0, 0.05) is 0 Å². The maximum Gasteiger partial charge on any atom is 0.336 e. The number of allylic oxidation sites excluding steroid dienone is 1. The summed E-state index contributed by atoms with van der Waals surface area (Å²) in [6.07, 6.45) is 0.755. The Bertz CT molecular complexity index is 623. The molecule has 0 saturated heterocycles. The molecule has 0 aromatic heterocycles. The molecular formula is C15H14O4. The Hall–Kier alpha value is -2.36. The summed E-state index contributed by atoms with van der Waals surface area (Å²) in [6, 6.07) is 5.27. The number of carbonyl (C=O) groups is 2. The zero-order chi connectivity index (χ0) is 14.2. The summed E-state index contributed by atoms with van der Waals surface area (Å²) in [5.74, 6) is -2.36. The van der Waals surface area contributed by atoms with Crippen molar-refractivity contribution in [3.63, 3.8) is 0 Å². The van der Waals surface area contributed by atoms with Crippen LogP contribution < -0.4 is 0 Å². The summed E-state index contributed by atoms with van der Waals surface area (Å²) in [5, 5.41) is 18.4. The lowest BCUT2D eigenvalue weighted by Crippen LogP contribution is -2.17. The van der Waals surface area contributed by atoms with Gasteiger partial charge in [-0.3, -0.25) is 0 Å². The maximum atomic E-state index is 11.4. The first-order chi connectivity index (χ1) is 8.93. The molecule has 1 aliphatic carbocycles. The lowest BCUT2D eigenvalue weighted by atomic mass is 9.82. The Balaban J connectivity index is 2.74. The van der Waals surface area contributed by atoms with Gasteiger partial charge in [0.15, 0.2) is 0 Å². The molecule has 0 unspecified atom stereocenters. The predicted molar refractivity (Wildman–Crippen MR) is 71.7 cm³/mol. The van der Waals surface area contributed by atoms with E-state index in [2.05, 4.69) is 6.58 Å². The van der Waals surface area contributed by atoms with Crippen molar-refractivity contribution in [1.29, 1.82) is 0 Å². The number of hydrogen-bond acceptors (Lipinski definition) is 2. The fraction of sp³-hybridized carbons (Fsp3) is 0.200. The van der Waals surface area contributed by atoms with E-state index >= 15 is 0 Å². The minimum absolute atomic E-state index is 0.0288. The number of aliphatic carboxylic acids is 2. The highest BCUT2D eigenvalue weighted by molar-refractivity contribution is 6.22. The van der Waals surface area contributed by atoms with E-state index in [1.54, 1.807) is 12.1 Å². The van der Waals surface area contributed by atoms with Crippen molar-refractivity contribution >= 4 is 23.1 Å². The monoisotopic (exact) mass is 258 g/mol. The zero-order valence-electron chi connectivity index (χ0n) is 10.6. The van der Waals surface area contributed by atoms with E-state index in [4.69, 9.17) is 5.11 Å². The van der Waals surface area contributed by atoms with Crippen molar-refractivity contribution in [2.45, 2.75) is 19.8 Å². The second-order valence-corrected chi connectivity index (χ2v) is 4.58. The van der Waals surface area contributed by atoms with Crippen LogP contribution in [0.15, 0.2) is 30.4 Å². The van der Waals surface area contributed by atoms with Crippen molar-refractivity contribution in [3.05, 3.63) is 47.0 Å². The van der Waals surface area contributed by atoms with Crippen LogP contribution in [0.4, 0.5) is 0 Å². The molecule has 2 rings (SSSR count). The molecule has 0 amide bonds. The van der Waals surface area contributed by atoms with Crippen LogP contribution in [0.5, 0.6) is 0 Å². The fourth-order valence-electron chi connectivity index (χ4n) is 2.49. The molecule has 1 aromatic carbocycles. The van der Waals surface area contributed by atoms with Crippen LogP contribution in [-0.4, -0.2) is 22.2 Å². The fourth-order valence-corrected chi connectivity index (χ4v) is 2.49. The first kappa shape index (κ1) is 13.1. The molecular weight excluding hydrogens is 244 g/mol. The van der Waals surface area contributed by atoms with Gasteiger partial charge in [0.05, 0.1) is 11.1 Å². The van der Waals surface area contributed by atoms with Crippen LogP contribution in [0.1, 0.15) is 30.0 Å². The van der Waals surface area contributed by atoms with Gasteiger partial charge in [-0.05, 0) is 36.5 Å². The topological polar surface area (TPSA) is 74.6 Å². The van der Waals surface area contributed by atoms with Crippen LogP contribution in [0.3, 0.4) is 0 Å². The van der Waals surface area contributed by atoms with E-state index < -0.39 is 11.9 Å². The van der Waals surface area contributed by atoms with Crippen LogP contribution in [0.2, 0.25) is 0 Å². The Kier molecular flexibility index (Phi) is 3.25. The molecule has 1 aliphatic rings. The van der Waals surface area contributed by atoms with Gasteiger partial charge in [-0.1, -0.05) is 30.4 Å².